The number of ether oxygens (including phenoxy) is 1. The van der Waals surface area contributed by atoms with Gasteiger partial charge in [0, 0.05) is 13.1 Å². The van der Waals surface area contributed by atoms with Crippen molar-refractivity contribution in [1.29, 1.82) is 0 Å². The Morgan fingerprint density at radius 1 is 0.730 bits per heavy atom. The van der Waals surface area contributed by atoms with Crippen molar-refractivity contribution in [3.63, 3.8) is 0 Å². The van der Waals surface area contributed by atoms with Gasteiger partial charge in [-0.3, -0.25) is 0 Å². The quantitative estimate of drug-likeness (QED) is 0.257. The van der Waals surface area contributed by atoms with Crippen molar-refractivity contribution >= 4 is 17.3 Å². The van der Waals surface area contributed by atoms with Crippen LogP contribution in [0.1, 0.15) is 36.1 Å². The fraction of sp³-hybridized carbons (Fsp3) is 0.242. The topological polar surface area (TPSA) is 15.7 Å². The van der Waals surface area contributed by atoms with E-state index in [0.717, 1.165) is 24.0 Å². The highest BCUT2D eigenvalue weighted by Crippen LogP contribution is 2.58. The largest absolute Gasteiger partial charge is 0.497 e. The van der Waals surface area contributed by atoms with Gasteiger partial charge in [-0.25, -0.2) is 0 Å². The van der Waals surface area contributed by atoms with Crippen LogP contribution in [-0.4, -0.2) is 28.1 Å². The lowest BCUT2D eigenvalue weighted by molar-refractivity contribution is 0.141. The fourth-order valence-corrected chi connectivity index (χ4v) is 6.95. The maximum atomic E-state index is 6.40. The Kier molecular flexibility index (Phi) is 6.00. The van der Waals surface area contributed by atoms with E-state index in [4.69, 9.17) is 17.0 Å². The third-order valence-electron chi connectivity index (χ3n) is 7.96. The number of rotatable bonds is 6. The first-order valence-electron chi connectivity index (χ1n) is 13.0. The highest BCUT2D eigenvalue weighted by molar-refractivity contribution is 7.80. The van der Waals surface area contributed by atoms with Crippen LogP contribution in [0.3, 0.4) is 0 Å². The van der Waals surface area contributed by atoms with Crippen molar-refractivity contribution in [2.24, 2.45) is 5.92 Å². The molecule has 1 spiro atoms. The van der Waals surface area contributed by atoms with Crippen LogP contribution in [0.15, 0.2) is 103 Å². The van der Waals surface area contributed by atoms with Crippen LogP contribution in [0.4, 0.5) is 0 Å². The Balaban J connectivity index is 1.56. The minimum atomic E-state index is -0.374. The third-order valence-corrected chi connectivity index (χ3v) is 8.41. The zero-order chi connectivity index (χ0) is 25.6. The van der Waals surface area contributed by atoms with Crippen molar-refractivity contribution in [2.45, 2.75) is 38.5 Å². The molecule has 186 valence electrons. The zero-order valence-corrected chi connectivity index (χ0v) is 22.4. The number of thiocarbonyl (C=S) groups is 1. The molecule has 1 heterocycles. The molecule has 3 nitrogen and oxygen atoms in total. The lowest BCUT2D eigenvalue weighted by atomic mass is 9.75. The van der Waals surface area contributed by atoms with E-state index in [-0.39, 0.29) is 11.6 Å². The second-order valence-electron chi connectivity index (χ2n) is 10.4. The number of fused-ring (bicyclic) bond motifs is 5. The second-order valence-corrected chi connectivity index (χ2v) is 10.7. The predicted molar refractivity (Wildman–Crippen MR) is 154 cm³/mol. The molecule has 0 radical (unpaired) electrons. The molecule has 1 fully saturated rings. The summed E-state index contributed by atoms with van der Waals surface area (Å²) in [6.45, 7) is 6.19. The van der Waals surface area contributed by atoms with Gasteiger partial charge in [-0.2, -0.15) is 0 Å². The smallest absolute Gasteiger partial charge is 0.173 e. The summed E-state index contributed by atoms with van der Waals surface area (Å²) >= 11 is 6.40. The van der Waals surface area contributed by atoms with Crippen LogP contribution in [0.25, 0.3) is 11.1 Å². The molecule has 0 aromatic heterocycles. The van der Waals surface area contributed by atoms with Gasteiger partial charge < -0.3 is 14.5 Å². The van der Waals surface area contributed by atoms with E-state index in [1.165, 1.54) is 33.4 Å². The molecule has 6 rings (SSSR count). The summed E-state index contributed by atoms with van der Waals surface area (Å²) in [4.78, 5) is 4.99. The molecule has 0 bridgehead atoms. The first kappa shape index (κ1) is 23.7. The summed E-state index contributed by atoms with van der Waals surface area (Å²) < 4.78 is 5.41. The van der Waals surface area contributed by atoms with Crippen molar-refractivity contribution in [3.8, 4) is 16.9 Å². The summed E-state index contributed by atoms with van der Waals surface area (Å²) in [6, 6.07) is 37.1. The Morgan fingerprint density at radius 2 is 1.27 bits per heavy atom. The first-order chi connectivity index (χ1) is 18.1. The average molecular weight is 505 g/mol. The van der Waals surface area contributed by atoms with Gasteiger partial charge in [-0.05, 0) is 63.6 Å². The SMILES string of the molecule is COc1ccc(CN2C(=S)N(Cc3ccccc3)C3(c4ccccc4-c4ccccc43)C2C(C)C)cc1. The second kappa shape index (κ2) is 9.35. The Hall–Kier alpha value is -3.63. The summed E-state index contributed by atoms with van der Waals surface area (Å²) in [5.74, 6) is 1.23. The molecule has 4 aromatic carbocycles. The lowest BCUT2D eigenvalue weighted by Gasteiger charge is -2.43. The molecule has 4 aromatic rings. The normalized spacial score (nSPS) is 17.4. The van der Waals surface area contributed by atoms with Gasteiger partial charge in [0.2, 0.25) is 0 Å². The van der Waals surface area contributed by atoms with E-state index in [0.29, 0.717) is 5.92 Å². The fourth-order valence-electron chi connectivity index (χ4n) is 6.56. The highest BCUT2D eigenvalue weighted by Gasteiger charge is 2.61. The standard InChI is InChI=1S/C33H32N2OS/c1-23(2)31-33(29-15-9-7-13-27(29)28-14-8-10-16-30(28)33)35(22-24-11-5-4-6-12-24)32(37)34(31)21-25-17-19-26(36-3)20-18-25/h4-20,23,31H,21-22H2,1-3H3. The van der Waals surface area contributed by atoms with Crippen molar-refractivity contribution in [2.75, 3.05) is 7.11 Å². The molecule has 37 heavy (non-hydrogen) atoms. The summed E-state index contributed by atoms with van der Waals surface area (Å²) in [5, 5.41) is 0.907. The van der Waals surface area contributed by atoms with Crippen molar-refractivity contribution < 1.29 is 4.74 Å². The molecule has 0 saturated carbocycles. The molecule has 4 heteroatoms. The molecular weight excluding hydrogens is 472 g/mol. The van der Waals surface area contributed by atoms with E-state index < -0.39 is 0 Å². The van der Waals surface area contributed by atoms with Gasteiger partial charge in [0.05, 0.1) is 13.2 Å². The van der Waals surface area contributed by atoms with Gasteiger partial charge in [-0.1, -0.05) is 105 Å². The molecule has 1 atom stereocenters. The predicted octanol–water partition coefficient (Wildman–Crippen LogP) is 7.25. The van der Waals surface area contributed by atoms with Crippen LogP contribution < -0.4 is 4.74 Å². The number of hydrogen-bond acceptors (Lipinski definition) is 2. The van der Waals surface area contributed by atoms with Crippen LogP contribution in [-0.2, 0) is 18.6 Å². The zero-order valence-electron chi connectivity index (χ0n) is 21.6. The van der Waals surface area contributed by atoms with Crippen molar-refractivity contribution in [1.82, 2.24) is 9.80 Å². The maximum absolute atomic E-state index is 6.40. The van der Waals surface area contributed by atoms with Crippen molar-refractivity contribution in [3.05, 3.63) is 125 Å². The van der Waals surface area contributed by atoms with Crippen LogP contribution in [0.2, 0.25) is 0 Å². The summed E-state index contributed by atoms with van der Waals surface area (Å²) in [5.41, 5.74) is 7.45. The monoisotopic (exact) mass is 504 g/mol. The Labute approximate surface area is 225 Å². The molecule has 1 aliphatic carbocycles. The van der Waals surface area contributed by atoms with Gasteiger partial charge in [-0.15, -0.1) is 0 Å². The van der Waals surface area contributed by atoms with Crippen LogP contribution in [0.5, 0.6) is 5.75 Å². The lowest BCUT2D eigenvalue weighted by Crippen LogP contribution is -2.50. The Bertz CT molecular complexity index is 1380. The minimum Gasteiger partial charge on any atom is -0.497 e. The number of benzene rings is 4. The van der Waals surface area contributed by atoms with E-state index in [9.17, 15) is 0 Å². The maximum Gasteiger partial charge on any atom is 0.173 e. The van der Waals surface area contributed by atoms with E-state index in [2.05, 4.69) is 115 Å². The minimum absolute atomic E-state index is 0.163. The van der Waals surface area contributed by atoms with E-state index >= 15 is 0 Å². The molecule has 2 aliphatic rings. The molecule has 0 N–H and O–H groups in total. The summed E-state index contributed by atoms with van der Waals surface area (Å²) in [6.07, 6.45) is 0. The van der Waals surface area contributed by atoms with Gasteiger partial charge in [0.25, 0.3) is 0 Å². The highest BCUT2D eigenvalue weighted by atomic mass is 32.1. The van der Waals surface area contributed by atoms with Crippen LogP contribution in [0, 0.1) is 5.92 Å². The van der Waals surface area contributed by atoms with E-state index in [1.807, 2.05) is 12.1 Å². The molecule has 1 aliphatic heterocycles. The van der Waals surface area contributed by atoms with Crippen LogP contribution >= 0.6 is 12.2 Å². The number of methoxy groups -OCH3 is 1. The average Bonchev–Trinajstić information content (AvgIpc) is 3.35. The molecule has 1 saturated heterocycles. The van der Waals surface area contributed by atoms with Gasteiger partial charge in [0.15, 0.2) is 5.11 Å². The van der Waals surface area contributed by atoms with Gasteiger partial charge >= 0.3 is 0 Å². The Morgan fingerprint density at radius 3 is 1.84 bits per heavy atom. The molecule has 1 unspecified atom stereocenters. The number of nitrogens with zero attached hydrogens (tertiary/aromatic N) is 2. The van der Waals surface area contributed by atoms with Gasteiger partial charge in [0.1, 0.15) is 11.3 Å². The first-order valence-corrected chi connectivity index (χ1v) is 13.4. The summed E-state index contributed by atoms with van der Waals surface area (Å²) in [7, 11) is 1.71. The van der Waals surface area contributed by atoms with E-state index in [1.54, 1.807) is 7.11 Å². The molecular formula is C33H32N2OS. The molecule has 0 amide bonds. The third kappa shape index (κ3) is 3.66. The number of hydrogen-bond donors (Lipinski definition) is 0.